The number of carboxylic acid groups (broad SMARTS) is 4. The van der Waals surface area contributed by atoms with Gasteiger partial charge in [-0.1, -0.05) is 0 Å². The monoisotopic (exact) mass is 408 g/mol. The van der Waals surface area contributed by atoms with Gasteiger partial charge in [0, 0.05) is 27.7 Å². The summed E-state index contributed by atoms with van der Waals surface area (Å²) >= 11 is 0. The van der Waals surface area contributed by atoms with Crippen LogP contribution in [-0.2, 0) is 19.2 Å². The molecule has 0 amide bonds. The predicted molar refractivity (Wildman–Crippen MR) is 61.0 cm³/mol. The molecule has 0 aromatic carbocycles. The van der Waals surface area contributed by atoms with Crippen LogP contribution in [0.5, 0.6) is 0 Å². The van der Waals surface area contributed by atoms with Crippen molar-refractivity contribution in [1.82, 2.24) is 0 Å². The largest absolute Gasteiger partial charge is 1.00 e. The molecule has 8 nitrogen and oxygen atoms in total. The van der Waals surface area contributed by atoms with Gasteiger partial charge in [-0.05, 0) is 0 Å². The van der Waals surface area contributed by atoms with E-state index in [0.717, 1.165) is 27.7 Å². The Balaban J connectivity index is -0.00000000346. The maximum Gasteiger partial charge on any atom is 1.00 e. The first-order chi connectivity index (χ1) is 6.93. The van der Waals surface area contributed by atoms with E-state index in [1.807, 2.05) is 0 Å². The first-order valence-electron chi connectivity index (χ1n) is 3.71. The number of aliphatic carboxylic acids is 4. The summed E-state index contributed by atoms with van der Waals surface area (Å²) in [6, 6.07) is 0. The van der Waals surface area contributed by atoms with Gasteiger partial charge in [-0.25, -0.2) is 0 Å². The smallest absolute Gasteiger partial charge is 1.00 e. The quantitative estimate of drug-likeness (QED) is 0.289. The van der Waals surface area contributed by atoms with Crippen LogP contribution >= 0.6 is 0 Å². The van der Waals surface area contributed by atoms with Crippen molar-refractivity contribution < 1.29 is 256 Å². The molecule has 15 heteroatoms. The van der Waals surface area contributed by atoms with Gasteiger partial charge in [0.05, 0.1) is 0 Å². The van der Waals surface area contributed by atoms with Crippen molar-refractivity contribution in [3.63, 3.8) is 0 Å². The third-order valence-corrected chi connectivity index (χ3v) is 0. The standard InChI is InChI=1S/4C2H4O2.7Na.7H/c4*1-2(3)4;;;;;;;;;;;;;;/h4*1H3,(H,3,4);;;;;;;;;;;;;;/q;;;;7*+1;7*-1. The first-order valence-corrected chi connectivity index (χ1v) is 3.71. The third-order valence-electron chi connectivity index (χ3n) is 0. The topological polar surface area (TPSA) is 149 Å². The molecule has 0 bridgehead atoms. The first kappa shape index (κ1) is 70.7. The Morgan fingerprint density at radius 1 is 0.435 bits per heavy atom. The fraction of sp³-hybridized carbons (Fsp3) is 0.500. The molecule has 0 atom stereocenters. The average molecular weight is 408 g/mol. The molecule has 110 valence electrons. The van der Waals surface area contributed by atoms with Crippen molar-refractivity contribution in [2.24, 2.45) is 0 Å². The van der Waals surface area contributed by atoms with Crippen molar-refractivity contribution in [3.05, 3.63) is 0 Å². The van der Waals surface area contributed by atoms with E-state index in [1.165, 1.54) is 0 Å². The molecular weight excluding hydrogens is 385 g/mol. The summed E-state index contributed by atoms with van der Waals surface area (Å²) in [5, 5.41) is 29.7. The molecule has 23 heavy (non-hydrogen) atoms. The summed E-state index contributed by atoms with van der Waals surface area (Å²) in [6.45, 7) is 4.33. The van der Waals surface area contributed by atoms with Crippen molar-refractivity contribution in [1.29, 1.82) is 0 Å². The van der Waals surface area contributed by atoms with Gasteiger partial charge in [0.25, 0.3) is 23.9 Å². The summed E-state index contributed by atoms with van der Waals surface area (Å²) in [4.78, 5) is 36.0. The van der Waals surface area contributed by atoms with Crippen molar-refractivity contribution >= 4 is 23.9 Å². The minimum atomic E-state index is -0.833. The second kappa shape index (κ2) is 63.2. The number of hydrogen-bond acceptors (Lipinski definition) is 4. The van der Waals surface area contributed by atoms with Gasteiger partial charge >= 0.3 is 207 Å². The summed E-state index contributed by atoms with van der Waals surface area (Å²) in [6.07, 6.45) is 0. The van der Waals surface area contributed by atoms with Gasteiger partial charge in [-0.2, -0.15) is 0 Å². The van der Waals surface area contributed by atoms with E-state index in [0.29, 0.717) is 0 Å². The molecule has 0 aliphatic heterocycles. The van der Waals surface area contributed by atoms with Crippen LogP contribution in [0.4, 0.5) is 0 Å². The minimum Gasteiger partial charge on any atom is -1.00 e. The number of hydrogen-bond donors (Lipinski definition) is 4. The van der Waals surface area contributed by atoms with Crippen LogP contribution < -0.4 is 207 Å². The Morgan fingerprint density at radius 2 is 0.435 bits per heavy atom. The molecule has 0 heterocycles. The van der Waals surface area contributed by atoms with Gasteiger partial charge in [0.15, 0.2) is 0 Å². The zero-order valence-electron chi connectivity index (χ0n) is 23.4. The molecule has 0 saturated heterocycles. The van der Waals surface area contributed by atoms with Crippen LogP contribution in [0, 0.1) is 0 Å². The molecule has 0 fully saturated rings. The van der Waals surface area contributed by atoms with E-state index in [2.05, 4.69) is 0 Å². The van der Waals surface area contributed by atoms with Crippen molar-refractivity contribution in [3.8, 4) is 0 Å². The van der Waals surface area contributed by atoms with Crippen molar-refractivity contribution in [2.75, 3.05) is 0 Å². The van der Waals surface area contributed by atoms with Crippen molar-refractivity contribution in [2.45, 2.75) is 27.7 Å². The second-order valence-electron chi connectivity index (χ2n) is 2.08. The molecule has 0 aliphatic carbocycles. The molecule has 0 aliphatic rings. The molecule has 4 N–H and O–H groups in total. The maximum atomic E-state index is 9.00. The SMILES string of the molecule is CC(=O)O.CC(=O)O.CC(=O)O.CC(=O)O.[H-].[H-].[H-].[H-].[H-].[H-].[H-].[Na+].[Na+].[Na+].[Na+].[Na+].[Na+].[Na+]. The van der Waals surface area contributed by atoms with Gasteiger partial charge in [0.2, 0.25) is 0 Å². The average Bonchev–Trinajstić information content (AvgIpc) is 1.76. The summed E-state index contributed by atoms with van der Waals surface area (Å²) in [7, 11) is 0. The Morgan fingerprint density at radius 3 is 0.435 bits per heavy atom. The minimum absolute atomic E-state index is 0. The van der Waals surface area contributed by atoms with Crippen LogP contribution in [0.1, 0.15) is 37.7 Å². The third kappa shape index (κ3) is 699. The van der Waals surface area contributed by atoms with Gasteiger partial charge in [0.1, 0.15) is 0 Å². The Labute approximate surface area is 301 Å². The Kier molecular flexibility index (Phi) is 194. The van der Waals surface area contributed by atoms with Crippen LogP contribution in [0.2, 0.25) is 0 Å². The second-order valence-corrected chi connectivity index (χ2v) is 2.08. The normalized spacial score (nSPS) is 4.35. The van der Waals surface area contributed by atoms with Crippen LogP contribution in [-0.4, -0.2) is 44.3 Å². The number of carbonyl (C=O) groups is 4. The van der Waals surface area contributed by atoms with E-state index in [4.69, 9.17) is 39.6 Å². The van der Waals surface area contributed by atoms with Gasteiger partial charge < -0.3 is 30.4 Å². The molecule has 0 rings (SSSR count). The molecule has 0 spiro atoms. The predicted octanol–water partition coefficient (Wildman–Crippen LogP) is -19.8. The van der Waals surface area contributed by atoms with E-state index in [9.17, 15) is 0 Å². The zero-order valence-corrected chi connectivity index (χ0v) is 30.4. The molecule has 0 unspecified atom stereocenters. The molecule has 0 aromatic rings. The summed E-state index contributed by atoms with van der Waals surface area (Å²) in [5.74, 6) is -3.33. The van der Waals surface area contributed by atoms with E-state index >= 15 is 0 Å². The molecular formula is C8H23Na7O8. The maximum absolute atomic E-state index is 9.00. The fourth-order valence-corrected chi connectivity index (χ4v) is 0. The molecule has 0 saturated carbocycles. The van der Waals surface area contributed by atoms with E-state index in [1.54, 1.807) is 0 Å². The van der Waals surface area contributed by atoms with E-state index in [-0.39, 0.29) is 217 Å². The Hall–Kier alpha value is 4.88. The van der Waals surface area contributed by atoms with Crippen LogP contribution in [0.25, 0.3) is 0 Å². The van der Waals surface area contributed by atoms with Gasteiger partial charge in [-0.3, -0.25) is 19.2 Å². The number of rotatable bonds is 0. The summed E-state index contributed by atoms with van der Waals surface area (Å²) in [5.41, 5.74) is 0. The Bertz CT molecular complexity index is 200. The molecule has 0 aromatic heterocycles. The van der Waals surface area contributed by atoms with Crippen LogP contribution in [0.15, 0.2) is 0 Å². The number of carboxylic acids is 4. The van der Waals surface area contributed by atoms with Crippen LogP contribution in [0.3, 0.4) is 0 Å². The molecule has 0 radical (unpaired) electrons. The van der Waals surface area contributed by atoms with E-state index < -0.39 is 23.9 Å². The fourth-order valence-electron chi connectivity index (χ4n) is 0. The zero-order chi connectivity index (χ0) is 14.3. The van der Waals surface area contributed by atoms with Gasteiger partial charge in [-0.15, -0.1) is 0 Å². The summed E-state index contributed by atoms with van der Waals surface area (Å²) < 4.78 is 0.